The standard InChI is InChI=1S/C14H18N6O2S2/c1-10-8-11(2)20(19-10)17-9-16-14(23)18-12-4-6-13(7-5-12)24(21,22)15-3/h4-9,15H,1-3H3,(H2,16,17,18,23). The van der Waals surface area contributed by atoms with E-state index in [4.69, 9.17) is 12.2 Å². The first-order valence-corrected chi connectivity index (χ1v) is 8.88. The molecule has 0 aliphatic heterocycles. The average Bonchev–Trinajstić information content (AvgIpc) is 2.85. The van der Waals surface area contributed by atoms with Crippen LogP contribution in [-0.2, 0) is 10.0 Å². The number of aromatic nitrogens is 2. The van der Waals surface area contributed by atoms with Gasteiger partial charge < -0.3 is 5.32 Å². The molecule has 0 aliphatic carbocycles. The van der Waals surface area contributed by atoms with Gasteiger partial charge in [0, 0.05) is 5.69 Å². The number of hydrogen-bond acceptors (Lipinski definition) is 4. The summed E-state index contributed by atoms with van der Waals surface area (Å²) in [5.41, 5.74) is 5.36. The number of sulfonamides is 1. The zero-order chi connectivity index (χ0) is 17.7. The largest absolute Gasteiger partial charge is 0.331 e. The zero-order valence-corrected chi connectivity index (χ0v) is 15.1. The summed E-state index contributed by atoms with van der Waals surface area (Å²) in [5, 5.41) is 7.34. The normalized spacial score (nSPS) is 11.6. The van der Waals surface area contributed by atoms with E-state index in [9.17, 15) is 8.42 Å². The van der Waals surface area contributed by atoms with Crippen LogP contribution in [0.1, 0.15) is 11.4 Å². The monoisotopic (exact) mass is 366 g/mol. The van der Waals surface area contributed by atoms with Crippen molar-refractivity contribution in [3.05, 3.63) is 41.7 Å². The molecule has 0 saturated heterocycles. The van der Waals surface area contributed by atoms with Gasteiger partial charge in [-0.1, -0.05) is 0 Å². The van der Waals surface area contributed by atoms with Gasteiger partial charge >= 0.3 is 0 Å². The predicted octanol–water partition coefficient (Wildman–Crippen LogP) is 1.38. The molecule has 0 fully saturated rings. The number of anilines is 1. The second kappa shape index (κ2) is 7.51. The SMILES string of the molecule is CNS(=O)(=O)c1ccc(NC(=S)/N=C/Nn2nc(C)cc2C)cc1. The maximum Gasteiger partial charge on any atom is 0.240 e. The van der Waals surface area contributed by atoms with Crippen molar-refractivity contribution < 1.29 is 8.42 Å². The Morgan fingerprint density at radius 3 is 2.50 bits per heavy atom. The summed E-state index contributed by atoms with van der Waals surface area (Å²) in [6.07, 6.45) is 1.43. The van der Waals surface area contributed by atoms with Gasteiger partial charge in [0.05, 0.1) is 16.3 Å². The van der Waals surface area contributed by atoms with Crippen molar-refractivity contribution in [1.29, 1.82) is 0 Å². The molecule has 10 heteroatoms. The molecule has 1 aromatic carbocycles. The minimum absolute atomic E-state index is 0.177. The molecule has 2 aromatic rings. The first-order valence-electron chi connectivity index (χ1n) is 6.99. The summed E-state index contributed by atoms with van der Waals surface area (Å²) in [6.45, 7) is 3.81. The summed E-state index contributed by atoms with van der Waals surface area (Å²) in [7, 11) is -2.09. The number of hydrogen-bond donors (Lipinski definition) is 3. The number of nitrogens with zero attached hydrogens (tertiary/aromatic N) is 3. The lowest BCUT2D eigenvalue weighted by Gasteiger charge is -2.06. The third-order valence-corrected chi connectivity index (χ3v) is 4.69. The van der Waals surface area contributed by atoms with Crippen LogP contribution in [0.25, 0.3) is 0 Å². The van der Waals surface area contributed by atoms with Crippen molar-refractivity contribution in [1.82, 2.24) is 14.6 Å². The van der Waals surface area contributed by atoms with Crippen molar-refractivity contribution in [3.63, 3.8) is 0 Å². The Kier molecular flexibility index (Phi) is 5.65. The van der Waals surface area contributed by atoms with Gasteiger partial charge in [0.25, 0.3) is 0 Å². The van der Waals surface area contributed by atoms with Crippen molar-refractivity contribution >= 4 is 39.4 Å². The van der Waals surface area contributed by atoms with E-state index in [1.807, 2.05) is 19.9 Å². The van der Waals surface area contributed by atoms with Gasteiger partial charge in [0.15, 0.2) is 5.11 Å². The van der Waals surface area contributed by atoms with Gasteiger partial charge in [-0.25, -0.2) is 18.1 Å². The highest BCUT2D eigenvalue weighted by atomic mass is 32.2. The van der Waals surface area contributed by atoms with E-state index in [-0.39, 0.29) is 10.0 Å². The molecule has 24 heavy (non-hydrogen) atoms. The van der Waals surface area contributed by atoms with Crippen LogP contribution in [0.2, 0.25) is 0 Å². The molecule has 2 rings (SSSR count). The van der Waals surface area contributed by atoms with Gasteiger partial charge in [-0.05, 0) is 63.4 Å². The Labute approximate surface area is 146 Å². The molecule has 1 aromatic heterocycles. The maximum atomic E-state index is 11.6. The molecule has 0 bridgehead atoms. The smallest absolute Gasteiger partial charge is 0.240 e. The van der Waals surface area contributed by atoms with Crippen molar-refractivity contribution in [2.24, 2.45) is 4.99 Å². The molecule has 0 atom stereocenters. The van der Waals surface area contributed by atoms with Crippen LogP contribution in [0.15, 0.2) is 40.2 Å². The molecule has 0 spiro atoms. The van der Waals surface area contributed by atoms with Gasteiger partial charge in [-0.15, -0.1) is 0 Å². The van der Waals surface area contributed by atoms with Crippen molar-refractivity contribution in [3.8, 4) is 0 Å². The lowest BCUT2D eigenvalue weighted by atomic mass is 10.3. The van der Waals surface area contributed by atoms with Gasteiger partial charge in [-0.2, -0.15) is 9.89 Å². The maximum absolute atomic E-state index is 11.6. The lowest BCUT2D eigenvalue weighted by molar-refractivity contribution is 0.588. The van der Waals surface area contributed by atoms with Crippen molar-refractivity contribution in [2.75, 3.05) is 17.8 Å². The minimum Gasteiger partial charge on any atom is -0.331 e. The Balaban J connectivity index is 1.95. The second-order valence-corrected chi connectivity index (χ2v) is 7.16. The third kappa shape index (κ3) is 4.60. The second-order valence-electron chi connectivity index (χ2n) is 4.89. The van der Waals surface area contributed by atoms with Gasteiger partial charge in [-0.3, -0.25) is 5.43 Å². The van der Waals surface area contributed by atoms with Crippen LogP contribution in [0.4, 0.5) is 5.69 Å². The lowest BCUT2D eigenvalue weighted by Crippen LogP contribution is -2.18. The molecule has 0 saturated carbocycles. The third-order valence-electron chi connectivity index (χ3n) is 3.06. The summed E-state index contributed by atoms with van der Waals surface area (Å²) in [4.78, 5) is 5.80. The molecule has 8 nitrogen and oxygen atoms in total. The van der Waals surface area contributed by atoms with Crippen LogP contribution >= 0.6 is 12.2 Å². The van der Waals surface area contributed by atoms with Gasteiger partial charge in [0.2, 0.25) is 10.0 Å². The van der Waals surface area contributed by atoms with E-state index < -0.39 is 10.0 Å². The average molecular weight is 366 g/mol. The number of aryl methyl sites for hydroxylation is 2. The number of thiocarbonyl (C=S) groups is 1. The van der Waals surface area contributed by atoms with E-state index in [0.29, 0.717) is 5.69 Å². The minimum atomic E-state index is -3.45. The molecule has 128 valence electrons. The molecule has 1 heterocycles. The molecular weight excluding hydrogens is 348 g/mol. The number of aliphatic imine (C=N–C) groups is 1. The predicted molar refractivity (Wildman–Crippen MR) is 98.5 cm³/mol. The number of benzene rings is 1. The van der Waals surface area contributed by atoms with Crippen LogP contribution in [-0.4, -0.2) is 36.8 Å². The summed E-state index contributed by atoms with van der Waals surface area (Å²) in [5.74, 6) is 0. The highest BCUT2D eigenvalue weighted by Crippen LogP contribution is 2.13. The van der Waals surface area contributed by atoms with E-state index in [2.05, 4.69) is 25.6 Å². The molecule has 3 N–H and O–H groups in total. The fraction of sp³-hybridized carbons (Fsp3) is 0.214. The van der Waals surface area contributed by atoms with Crippen LogP contribution in [0.3, 0.4) is 0 Å². The molecular formula is C14H18N6O2S2. The van der Waals surface area contributed by atoms with Crippen LogP contribution in [0, 0.1) is 13.8 Å². The molecule has 0 unspecified atom stereocenters. The Morgan fingerprint density at radius 2 is 1.96 bits per heavy atom. The number of nitrogens with one attached hydrogen (secondary N) is 3. The fourth-order valence-electron chi connectivity index (χ4n) is 1.89. The fourth-order valence-corrected chi connectivity index (χ4v) is 2.79. The zero-order valence-electron chi connectivity index (χ0n) is 13.4. The highest BCUT2D eigenvalue weighted by Gasteiger charge is 2.10. The van der Waals surface area contributed by atoms with Crippen LogP contribution < -0.4 is 15.5 Å². The van der Waals surface area contributed by atoms with E-state index in [1.54, 1.807) is 16.9 Å². The summed E-state index contributed by atoms with van der Waals surface area (Å²) in [6, 6.07) is 8.11. The molecule has 0 amide bonds. The Morgan fingerprint density at radius 1 is 1.29 bits per heavy atom. The van der Waals surface area contributed by atoms with E-state index >= 15 is 0 Å². The summed E-state index contributed by atoms with van der Waals surface area (Å²) < 4.78 is 25.5. The first kappa shape index (κ1) is 18.0. The molecule has 0 aliphatic rings. The quantitative estimate of drug-likeness (QED) is 0.420. The Hall–Kier alpha value is -2.30. The Bertz CT molecular complexity index is 856. The molecule has 0 radical (unpaired) electrons. The van der Waals surface area contributed by atoms with Crippen molar-refractivity contribution in [2.45, 2.75) is 18.7 Å². The topological polar surface area (TPSA) is 100 Å². The van der Waals surface area contributed by atoms with Gasteiger partial charge in [0.1, 0.15) is 6.34 Å². The highest BCUT2D eigenvalue weighted by molar-refractivity contribution is 7.89. The van der Waals surface area contributed by atoms with E-state index in [1.165, 1.54) is 25.5 Å². The number of rotatable bonds is 5. The summed E-state index contributed by atoms with van der Waals surface area (Å²) >= 11 is 5.11. The van der Waals surface area contributed by atoms with Crippen LogP contribution in [0.5, 0.6) is 0 Å². The van der Waals surface area contributed by atoms with E-state index in [0.717, 1.165) is 11.4 Å². The first-order chi connectivity index (χ1) is 11.3.